The number of halogens is 4. The van der Waals surface area contributed by atoms with Crippen LogP contribution < -0.4 is 0 Å². The molecule has 1 aromatic carbocycles. The Kier molecular flexibility index (Phi) is 4.25. The van der Waals surface area contributed by atoms with E-state index in [1.807, 2.05) is 0 Å². The monoisotopic (exact) mass is 278 g/mol. The Bertz CT molecular complexity index is 490. The Labute approximate surface area is 108 Å². The van der Waals surface area contributed by atoms with Crippen LogP contribution in [0, 0.1) is 5.82 Å². The van der Waals surface area contributed by atoms with Gasteiger partial charge in [-0.1, -0.05) is 5.57 Å². The Hall–Kier alpha value is -1.56. The fraction of sp³-hybridized carbons (Fsp3) is 0.385. The molecule has 2 N–H and O–H groups in total. The normalized spacial score (nSPS) is 14.9. The fourth-order valence-electron chi connectivity index (χ4n) is 1.70. The Morgan fingerprint density at radius 3 is 2.32 bits per heavy atom. The smallest absolute Gasteiger partial charge is 0.421 e. The van der Waals surface area contributed by atoms with Crippen molar-refractivity contribution in [1.82, 2.24) is 0 Å². The number of phenolic OH excluding ortho intramolecular Hbond substituents is 1. The highest BCUT2D eigenvalue weighted by Gasteiger charge is 2.52. The molecule has 0 fully saturated rings. The fourth-order valence-corrected chi connectivity index (χ4v) is 1.70. The van der Waals surface area contributed by atoms with Gasteiger partial charge < -0.3 is 10.2 Å². The molecule has 0 aliphatic rings. The molecule has 1 rings (SSSR count). The van der Waals surface area contributed by atoms with Gasteiger partial charge in [-0.25, -0.2) is 4.39 Å². The predicted molar refractivity (Wildman–Crippen MR) is 62.2 cm³/mol. The summed E-state index contributed by atoms with van der Waals surface area (Å²) in [5.74, 6) is -1.28. The van der Waals surface area contributed by atoms with Crippen LogP contribution in [0.3, 0.4) is 0 Å². The second-order valence-corrected chi connectivity index (χ2v) is 4.59. The summed E-state index contributed by atoms with van der Waals surface area (Å²) < 4.78 is 51.7. The van der Waals surface area contributed by atoms with Crippen molar-refractivity contribution >= 4 is 0 Å². The molecule has 19 heavy (non-hydrogen) atoms. The minimum atomic E-state index is -4.93. The van der Waals surface area contributed by atoms with Crippen molar-refractivity contribution < 1.29 is 27.8 Å². The summed E-state index contributed by atoms with van der Waals surface area (Å²) in [4.78, 5) is 0. The van der Waals surface area contributed by atoms with E-state index in [1.54, 1.807) is 0 Å². The van der Waals surface area contributed by atoms with Crippen molar-refractivity contribution in [2.24, 2.45) is 0 Å². The summed E-state index contributed by atoms with van der Waals surface area (Å²) in [5, 5.41) is 19.2. The molecule has 1 aromatic rings. The maximum atomic E-state index is 13.0. The van der Waals surface area contributed by atoms with Crippen LogP contribution in [0.5, 0.6) is 5.75 Å². The van der Waals surface area contributed by atoms with Crippen molar-refractivity contribution in [3.8, 4) is 5.75 Å². The first kappa shape index (κ1) is 15.5. The van der Waals surface area contributed by atoms with Crippen LogP contribution in [0.1, 0.15) is 19.4 Å². The van der Waals surface area contributed by atoms with Crippen LogP contribution in [0.15, 0.2) is 29.8 Å². The van der Waals surface area contributed by atoms with Gasteiger partial charge in [0.1, 0.15) is 11.6 Å². The van der Waals surface area contributed by atoms with Crippen LogP contribution in [0.2, 0.25) is 0 Å². The van der Waals surface area contributed by atoms with Gasteiger partial charge in [0.25, 0.3) is 0 Å². The van der Waals surface area contributed by atoms with Crippen molar-refractivity contribution in [1.29, 1.82) is 0 Å². The first-order valence-electron chi connectivity index (χ1n) is 5.48. The Balaban J connectivity index is 3.23. The lowest BCUT2D eigenvalue weighted by Gasteiger charge is -2.28. The molecule has 0 spiro atoms. The Morgan fingerprint density at radius 1 is 1.26 bits per heavy atom. The van der Waals surface area contributed by atoms with Gasteiger partial charge in [-0.2, -0.15) is 13.2 Å². The van der Waals surface area contributed by atoms with Gasteiger partial charge in [-0.15, -0.1) is 0 Å². The summed E-state index contributed by atoms with van der Waals surface area (Å²) in [7, 11) is 0. The van der Waals surface area contributed by atoms with E-state index in [9.17, 15) is 27.8 Å². The number of alkyl halides is 3. The molecular weight excluding hydrogens is 264 g/mol. The molecule has 6 heteroatoms. The zero-order valence-electron chi connectivity index (χ0n) is 10.4. The molecule has 0 saturated carbocycles. The number of rotatable bonds is 3. The summed E-state index contributed by atoms with van der Waals surface area (Å²) >= 11 is 0. The highest BCUT2D eigenvalue weighted by molar-refractivity contribution is 5.35. The first-order valence-corrected chi connectivity index (χ1v) is 5.48. The summed E-state index contributed by atoms with van der Waals surface area (Å²) in [5.41, 5.74) is -3.19. The molecule has 1 unspecified atom stereocenters. The van der Waals surface area contributed by atoms with Crippen molar-refractivity contribution in [3.63, 3.8) is 0 Å². The molecular formula is C13H14F4O2. The van der Waals surface area contributed by atoms with Gasteiger partial charge in [0, 0.05) is 12.0 Å². The van der Waals surface area contributed by atoms with Crippen molar-refractivity contribution in [2.75, 3.05) is 0 Å². The van der Waals surface area contributed by atoms with Crippen molar-refractivity contribution in [2.45, 2.75) is 32.0 Å². The Morgan fingerprint density at radius 2 is 1.84 bits per heavy atom. The number of allylic oxidation sites excluding steroid dienone is 1. The second-order valence-electron chi connectivity index (χ2n) is 4.59. The average Bonchev–Trinajstić information content (AvgIpc) is 2.20. The van der Waals surface area contributed by atoms with Crippen LogP contribution >= 0.6 is 0 Å². The summed E-state index contributed by atoms with van der Waals surface area (Å²) in [6.45, 7) is 2.81. The molecule has 0 heterocycles. The summed E-state index contributed by atoms with van der Waals surface area (Å²) in [6, 6.07) is 2.64. The number of hydrogen-bond acceptors (Lipinski definition) is 2. The van der Waals surface area contributed by atoms with Crippen molar-refractivity contribution in [3.05, 3.63) is 41.2 Å². The molecule has 0 bridgehead atoms. The second kappa shape index (κ2) is 5.21. The first-order chi connectivity index (χ1) is 8.55. The third-order valence-corrected chi connectivity index (χ3v) is 2.52. The third kappa shape index (κ3) is 3.70. The largest absolute Gasteiger partial charge is 0.508 e. The van der Waals surface area contributed by atoms with E-state index in [1.165, 1.54) is 13.8 Å². The summed E-state index contributed by atoms with van der Waals surface area (Å²) in [6.07, 6.45) is -5.23. The number of phenols is 1. The van der Waals surface area contributed by atoms with E-state index in [0.717, 1.165) is 18.2 Å². The number of hydrogen-bond donors (Lipinski definition) is 2. The molecule has 2 nitrogen and oxygen atoms in total. The van der Waals surface area contributed by atoms with E-state index < -0.39 is 29.8 Å². The molecule has 0 saturated heterocycles. The molecule has 0 radical (unpaired) electrons. The number of benzene rings is 1. The van der Waals surface area contributed by atoms with E-state index in [2.05, 4.69) is 0 Å². The number of aromatic hydroxyl groups is 1. The van der Waals surface area contributed by atoms with Crippen LogP contribution in [0.25, 0.3) is 0 Å². The molecule has 0 aliphatic carbocycles. The maximum Gasteiger partial charge on any atom is 0.421 e. The maximum absolute atomic E-state index is 13.0. The van der Waals surface area contributed by atoms with Gasteiger partial charge >= 0.3 is 6.18 Å². The molecule has 0 aromatic heterocycles. The van der Waals surface area contributed by atoms with Crippen LogP contribution in [0.4, 0.5) is 17.6 Å². The lowest BCUT2D eigenvalue weighted by Crippen LogP contribution is -2.45. The highest BCUT2D eigenvalue weighted by Crippen LogP contribution is 2.37. The standard InChI is InChI=1S/C13H14F4O2/c1-8(2)6-12(19,13(15,16)17)7-9-5-10(14)3-4-11(9)18/h3-6,18-19H,7H2,1-2H3. The average molecular weight is 278 g/mol. The van der Waals surface area contributed by atoms with Crippen LogP contribution in [-0.4, -0.2) is 22.0 Å². The van der Waals surface area contributed by atoms with Gasteiger partial charge in [-0.3, -0.25) is 0 Å². The SMILES string of the molecule is CC(C)=CC(O)(Cc1cc(F)ccc1O)C(F)(F)F. The van der Waals surface area contributed by atoms with E-state index in [-0.39, 0.29) is 11.1 Å². The number of aliphatic hydroxyl groups is 1. The lowest BCUT2D eigenvalue weighted by molar-refractivity contribution is -0.239. The molecule has 1 atom stereocenters. The van der Waals surface area contributed by atoms with Crippen LogP contribution in [-0.2, 0) is 6.42 Å². The minimum absolute atomic E-state index is 0.260. The topological polar surface area (TPSA) is 40.5 Å². The minimum Gasteiger partial charge on any atom is -0.508 e. The van der Waals surface area contributed by atoms with Gasteiger partial charge in [0.2, 0.25) is 0 Å². The zero-order valence-corrected chi connectivity index (χ0v) is 10.4. The molecule has 0 aliphatic heterocycles. The van der Waals surface area contributed by atoms with Gasteiger partial charge in [-0.05, 0) is 38.1 Å². The zero-order chi connectivity index (χ0) is 14.8. The quantitative estimate of drug-likeness (QED) is 0.657. The molecule has 106 valence electrons. The van der Waals surface area contributed by atoms with Gasteiger partial charge in [0.15, 0.2) is 5.60 Å². The van der Waals surface area contributed by atoms with E-state index in [4.69, 9.17) is 0 Å². The highest BCUT2D eigenvalue weighted by atomic mass is 19.4. The predicted octanol–water partition coefficient (Wildman–Crippen LogP) is 3.33. The van der Waals surface area contributed by atoms with E-state index in [0.29, 0.717) is 6.08 Å². The van der Waals surface area contributed by atoms with E-state index >= 15 is 0 Å². The third-order valence-electron chi connectivity index (χ3n) is 2.52. The molecule has 0 amide bonds. The lowest BCUT2D eigenvalue weighted by atomic mass is 9.91. The van der Waals surface area contributed by atoms with Gasteiger partial charge in [0.05, 0.1) is 0 Å².